The molecule has 0 saturated carbocycles. The molecule has 0 aliphatic carbocycles. The number of carbonyl (C=O) groups is 1. The van der Waals surface area contributed by atoms with Gasteiger partial charge in [-0.05, 0) is 49.4 Å². The molecule has 1 fully saturated rings. The summed E-state index contributed by atoms with van der Waals surface area (Å²) in [5.74, 6) is 2.76. The first-order valence-corrected chi connectivity index (χ1v) is 11.2. The number of ether oxygens (including phenoxy) is 3. The van der Waals surface area contributed by atoms with Gasteiger partial charge in [-0.25, -0.2) is 4.79 Å². The Morgan fingerprint density at radius 1 is 0.912 bits per heavy atom. The lowest BCUT2D eigenvalue weighted by atomic mass is 10.1. The number of hydrogen-bond donors (Lipinski definition) is 1. The van der Waals surface area contributed by atoms with E-state index in [0.29, 0.717) is 55.7 Å². The number of nitrogens with zero attached hydrogens (tertiary/aromatic N) is 4. The summed E-state index contributed by atoms with van der Waals surface area (Å²) in [4.78, 5) is 16.7. The number of urea groups is 1. The number of anilines is 2. The van der Waals surface area contributed by atoms with Crippen LogP contribution in [0.2, 0.25) is 0 Å². The topological polar surface area (TPSA) is 89.1 Å². The largest absolute Gasteiger partial charge is 0.493 e. The summed E-state index contributed by atoms with van der Waals surface area (Å²) in [6, 6.07) is 16.9. The van der Waals surface area contributed by atoms with Gasteiger partial charge in [0.15, 0.2) is 17.3 Å². The van der Waals surface area contributed by atoms with Gasteiger partial charge in [-0.2, -0.15) is 0 Å². The molecule has 1 aromatic heterocycles. The Kier molecular flexibility index (Phi) is 7.31. The Morgan fingerprint density at radius 3 is 2.35 bits per heavy atom. The molecule has 2 heterocycles. The van der Waals surface area contributed by atoms with Crippen molar-refractivity contribution >= 4 is 17.5 Å². The molecule has 0 radical (unpaired) electrons. The van der Waals surface area contributed by atoms with E-state index in [4.69, 9.17) is 14.2 Å². The van der Waals surface area contributed by atoms with E-state index in [0.717, 1.165) is 17.1 Å². The number of nitrogens with one attached hydrogen (secondary N) is 1. The monoisotopic (exact) mass is 463 g/mol. The summed E-state index contributed by atoms with van der Waals surface area (Å²) < 4.78 is 16.3. The van der Waals surface area contributed by atoms with Crippen LogP contribution in [0.4, 0.5) is 16.3 Å². The molecular weight excluding hydrogens is 434 g/mol. The predicted molar refractivity (Wildman–Crippen MR) is 131 cm³/mol. The van der Waals surface area contributed by atoms with Gasteiger partial charge in [0.05, 0.1) is 32.2 Å². The number of aromatic nitrogens is 2. The SMILES string of the molecule is CCOc1ccccc1NC(=O)N1CCN(c2ccc(-c3ccc(OC)c(OC)c3)nn2)CC1. The van der Waals surface area contributed by atoms with Crippen LogP contribution < -0.4 is 24.4 Å². The summed E-state index contributed by atoms with van der Waals surface area (Å²) in [6.45, 7) is 4.97. The van der Waals surface area contributed by atoms with Gasteiger partial charge in [-0.3, -0.25) is 0 Å². The van der Waals surface area contributed by atoms with Crippen molar-refractivity contribution in [3.8, 4) is 28.5 Å². The summed E-state index contributed by atoms with van der Waals surface area (Å²) in [6.07, 6.45) is 0. The van der Waals surface area contributed by atoms with Gasteiger partial charge in [0.1, 0.15) is 5.75 Å². The fourth-order valence-electron chi connectivity index (χ4n) is 3.83. The van der Waals surface area contributed by atoms with Gasteiger partial charge in [0.25, 0.3) is 0 Å². The smallest absolute Gasteiger partial charge is 0.322 e. The molecule has 9 heteroatoms. The lowest BCUT2D eigenvalue weighted by Gasteiger charge is -2.35. The van der Waals surface area contributed by atoms with Crippen LogP contribution in [0, 0.1) is 0 Å². The van der Waals surface area contributed by atoms with Gasteiger partial charge < -0.3 is 29.3 Å². The molecule has 0 atom stereocenters. The van der Waals surface area contributed by atoms with E-state index >= 15 is 0 Å². The normalized spacial score (nSPS) is 13.4. The molecule has 9 nitrogen and oxygen atoms in total. The Morgan fingerprint density at radius 2 is 1.68 bits per heavy atom. The standard InChI is InChI=1S/C25H29N5O4/c1-4-34-21-8-6-5-7-20(21)26-25(31)30-15-13-29(14-16-30)24-12-10-19(27-28-24)18-9-11-22(32-2)23(17-18)33-3/h5-12,17H,4,13-16H2,1-3H3,(H,26,31). The fraction of sp³-hybridized carbons (Fsp3) is 0.320. The van der Waals surface area contributed by atoms with Crippen LogP contribution in [0.25, 0.3) is 11.3 Å². The molecule has 34 heavy (non-hydrogen) atoms. The first-order chi connectivity index (χ1) is 16.6. The summed E-state index contributed by atoms with van der Waals surface area (Å²) in [5.41, 5.74) is 2.31. The second-order valence-corrected chi connectivity index (χ2v) is 7.68. The summed E-state index contributed by atoms with van der Waals surface area (Å²) in [5, 5.41) is 11.8. The first-order valence-electron chi connectivity index (χ1n) is 11.2. The number of benzene rings is 2. The molecule has 1 aliphatic rings. The zero-order chi connectivity index (χ0) is 23.9. The quantitative estimate of drug-likeness (QED) is 0.568. The third kappa shape index (κ3) is 5.14. The molecule has 2 amide bonds. The molecule has 1 saturated heterocycles. The molecule has 178 valence electrons. The average molecular weight is 464 g/mol. The van der Waals surface area contributed by atoms with Crippen LogP contribution in [-0.4, -0.2) is 68.1 Å². The molecule has 4 rings (SSSR count). The van der Waals surface area contributed by atoms with Crippen LogP contribution in [-0.2, 0) is 0 Å². The molecule has 3 aromatic rings. The molecule has 0 spiro atoms. The number of hydrogen-bond acceptors (Lipinski definition) is 7. The fourth-order valence-corrected chi connectivity index (χ4v) is 3.83. The van der Waals surface area contributed by atoms with Crippen molar-refractivity contribution < 1.29 is 19.0 Å². The Labute approximate surface area is 199 Å². The first kappa shape index (κ1) is 23.2. The van der Waals surface area contributed by atoms with E-state index in [2.05, 4.69) is 20.4 Å². The van der Waals surface area contributed by atoms with Gasteiger partial charge in [-0.15, -0.1) is 10.2 Å². The third-order valence-corrected chi connectivity index (χ3v) is 5.65. The number of methoxy groups -OCH3 is 2. The second-order valence-electron chi connectivity index (χ2n) is 7.68. The van der Waals surface area contributed by atoms with E-state index in [9.17, 15) is 4.79 Å². The van der Waals surface area contributed by atoms with Crippen molar-refractivity contribution in [1.29, 1.82) is 0 Å². The minimum absolute atomic E-state index is 0.137. The van der Waals surface area contributed by atoms with E-state index in [-0.39, 0.29) is 6.03 Å². The minimum Gasteiger partial charge on any atom is -0.493 e. The van der Waals surface area contributed by atoms with E-state index < -0.39 is 0 Å². The Hall–Kier alpha value is -4.01. The van der Waals surface area contributed by atoms with Crippen LogP contribution in [0.5, 0.6) is 17.2 Å². The van der Waals surface area contributed by atoms with Crippen molar-refractivity contribution in [1.82, 2.24) is 15.1 Å². The predicted octanol–water partition coefficient (Wildman–Crippen LogP) is 3.91. The van der Waals surface area contributed by atoms with Gasteiger partial charge in [-0.1, -0.05) is 12.1 Å². The zero-order valence-corrected chi connectivity index (χ0v) is 19.7. The molecular formula is C25H29N5O4. The number of carbonyl (C=O) groups excluding carboxylic acids is 1. The average Bonchev–Trinajstić information content (AvgIpc) is 2.89. The molecule has 0 unspecified atom stereocenters. The zero-order valence-electron chi connectivity index (χ0n) is 19.7. The van der Waals surface area contributed by atoms with Crippen molar-refractivity contribution in [3.05, 3.63) is 54.6 Å². The summed E-state index contributed by atoms with van der Waals surface area (Å²) >= 11 is 0. The maximum Gasteiger partial charge on any atom is 0.322 e. The van der Waals surface area contributed by atoms with E-state index in [1.165, 1.54) is 0 Å². The van der Waals surface area contributed by atoms with Gasteiger partial charge >= 0.3 is 6.03 Å². The van der Waals surface area contributed by atoms with Crippen molar-refractivity contribution in [3.63, 3.8) is 0 Å². The molecule has 2 aromatic carbocycles. The highest BCUT2D eigenvalue weighted by atomic mass is 16.5. The highest BCUT2D eigenvalue weighted by Crippen LogP contribution is 2.31. The highest BCUT2D eigenvalue weighted by Gasteiger charge is 2.23. The summed E-state index contributed by atoms with van der Waals surface area (Å²) in [7, 11) is 3.21. The molecule has 0 bridgehead atoms. The highest BCUT2D eigenvalue weighted by molar-refractivity contribution is 5.91. The van der Waals surface area contributed by atoms with Gasteiger partial charge in [0.2, 0.25) is 0 Å². The maximum atomic E-state index is 12.8. The van der Waals surface area contributed by atoms with E-state index in [1.807, 2.05) is 61.5 Å². The van der Waals surface area contributed by atoms with E-state index in [1.54, 1.807) is 19.1 Å². The van der Waals surface area contributed by atoms with Crippen LogP contribution in [0.1, 0.15) is 6.92 Å². The number of piperazine rings is 1. The number of amides is 2. The molecule has 1 aliphatic heterocycles. The second kappa shape index (κ2) is 10.7. The molecule has 1 N–H and O–H groups in total. The van der Waals surface area contributed by atoms with Gasteiger partial charge in [0, 0.05) is 31.7 Å². The van der Waals surface area contributed by atoms with Crippen LogP contribution in [0.3, 0.4) is 0 Å². The number of rotatable bonds is 7. The van der Waals surface area contributed by atoms with Crippen LogP contribution >= 0.6 is 0 Å². The third-order valence-electron chi connectivity index (χ3n) is 5.65. The van der Waals surface area contributed by atoms with Crippen molar-refractivity contribution in [2.45, 2.75) is 6.92 Å². The van der Waals surface area contributed by atoms with Crippen molar-refractivity contribution in [2.75, 3.05) is 57.2 Å². The Bertz CT molecular complexity index is 1110. The maximum absolute atomic E-state index is 12.8. The number of para-hydroxylation sites is 2. The lowest BCUT2D eigenvalue weighted by molar-refractivity contribution is 0.208. The lowest BCUT2D eigenvalue weighted by Crippen LogP contribution is -2.50. The Balaban J connectivity index is 1.36. The minimum atomic E-state index is -0.137. The van der Waals surface area contributed by atoms with Crippen LogP contribution in [0.15, 0.2) is 54.6 Å². The van der Waals surface area contributed by atoms with Crippen molar-refractivity contribution in [2.24, 2.45) is 0 Å².